The highest BCUT2D eigenvalue weighted by atomic mass is 16.6. The molecule has 2 aromatic heterocycles. The monoisotopic (exact) mass is 367 g/mol. The molecule has 0 radical (unpaired) electrons. The summed E-state index contributed by atoms with van der Waals surface area (Å²) in [6, 6.07) is 12.9. The van der Waals surface area contributed by atoms with Gasteiger partial charge in [0.05, 0.1) is 0 Å². The third-order valence-electron chi connectivity index (χ3n) is 3.56. The molecule has 1 aromatic carbocycles. The van der Waals surface area contributed by atoms with E-state index in [9.17, 15) is 9.59 Å². The molecule has 0 unspecified atom stereocenters. The second-order valence-electron chi connectivity index (χ2n) is 6.98. The Labute approximate surface area is 156 Å². The largest absolute Gasteiger partial charge is 0.444 e. The van der Waals surface area contributed by atoms with Crippen LogP contribution in [0.5, 0.6) is 5.75 Å². The van der Waals surface area contributed by atoms with Gasteiger partial charge in [-0.05, 0) is 68.8 Å². The quantitative estimate of drug-likeness (QED) is 0.542. The number of nitrogens with one attached hydrogen (secondary N) is 2. The van der Waals surface area contributed by atoms with Crippen molar-refractivity contribution in [1.29, 1.82) is 0 Å². The fourth-order valence-electron chi connectivity index (χ4n) is 2.44. The van der Waals surface area contributed by atoms with Gasteiger partial charge in [0.2, 0.25) is 0 Å². The molecule has 2 heterocycles. The van der Waals surface area contributed by atoms with Gasteiger partial charge in [-0.2, -0.15) is 0 Å². The van der Waals surface area contributed by atoms with Crippen molar-refractivity contribution in [2.45, 2.75) is 26.4 Å². The van der Waals surface area contributed by atoms with Crippen LogP contribution in [0.1, 0.15) is 20.8 Å². The van der Waals surface area contributed by atoms with E-state index in [-0.39, 0.29) is 6.54 Å². The van der Waals surface area contributed by atoms with E-state index in [1.165, 1.54) is 0 Å². The van der Waals surface area contributed by atoms with Gasteiger partial charge in [-0.25, -0.2) is 14.6 Å². The highest BCUT2D eigenvalue weighted by Crippen LogP contribution is 2.24. The molecule has 0 fully saturated rings. The summed E-state index contributed by atoms with van der Waals surface area (Å²) in [5.74, 6) is -0.188. The zero-order chi connectivity index (χ0) is 19.4. The molecular weight excluding hydrogens is 346 g/mol. The first-order chi connectivity index (χ1) is 12.8. The normalized spacial score (nSPS) is 11.2. The van der Waals surface area contributed by atoms with E-state index in [0.29, 0.717) is 5.75 Å². The Morgan fingerprint density at radius 3 is 2.56 bits per heavy atom. The lowest BCUT2D eigenvalue weighted by molar-refractivity contribution is -0.133. The highest BCUT2D eigenvalue weighted by Gasteiger charge is 2.17. The van der Waals surface area contributed by atoms with E-state index < -0.39 is 17.7 Å². The van der Waals surface area contributed by atoms with Crippen molar-refractivity contribution in [2.24, 2.45) is 0 Å². The van der Waals surface area contributed by atoms with Gasteiger partial charge in [-0.15, -0.1) is 0 Å². The molecule has 2 N–H and O–H groups in total. The number of rotatable bonds is 4. The van der Waals surface area contributed by atoms with Crippen molar-refractivity contribution < 1.29 is 19.1 Å². The second-order valence-corrected chi connectivity index (χ2v) is 6.98. The molecule has 0 aliphatic rings. The maximum Gasteiger partial charge on any atom is 0.408 e. The van der Waals surface area contributed by atoms with Crippen LogP contribution in [0.15, 0.2) is 48.7 Å². The number of pyridine rings is 1. The standard InChI is InChI=1S/C20H21N3O4/c1-20(2,3)27-19(25)22-12-17(24)26-15-8-6-13(7-9-15)16-11-14-5-4-10-21-18(14)23-16/h4-11H,12H2,1-3H3,(H,21,23)(H,22,25). The van der Waals surface area contributed by atoms with Crippen molar-refractivity contribution >= 4 is 23.1 Å². The predicted octanol–water partition coefficient (Wildman–Crippen LogP) is 3.66. The molecule has 0 aliphatic heterocycles. The second kappa shape index (κ2) is 7.49. The number of fused-ring (bicyclic) bond motifs is 1. The minimum Gasteiger partial charge on any atom is -0.444 e. The van der Waals surface area contributed by atoms with E-state index in [1.807, 2.05) is 30.3 Å². The maximum atomic E-state index is 11.8. The summed E-state index contributed by atoms with van der Waals surface area (Å²) in [6.07, 6.45) is 1.07. The molecule has 0 saturated heterocycles. The molecule has 0 spiro atoms. The molecule has 0 aliphatic carbocycles. The Balaban J connectivity index is 1.57. The number of benzene rings is 1. The number of carbonyl (C=O) groups is 2. The van der Waals surface area contributed by atoms with Gasteiger partial charge < -0.3 is 19.8 Å². The third-order valence-corrected chi connectivity index (χ3v) is 3.56. The first-order valence-electron chi connectivity index (χ1n) is 8.52. The van der Waals surface area contributed by atoms with Crippen LogP contribution in [0.25, 0.3) is 22.3 Å². The summed E-state index contributed by atoms with van der Waals surface area (Å²) in [4.78, 5) is 30.9. The molecule has 0 saturated carbocycles. The van der Waals surface area contributed by atoms with Gasteiger partial charge in [0, 0.05) is 17.3 Å². The zero-order valence-electron chi connectivity index (χ0n) is 15.4. The van der Waals surface area contributed by atoms with Crippen LogP contribution in [0.2, 0.25) is 0 Å². The van der Waals surface area contributed by atoms with Gasteiger partial charge in [0.1, 0.15) is 23.5 Å². The van der Waals surface area contributed by atoms with E-state index >= 15 is 0 Å². The number of hydrogen-bond donors (Lipinski definition) is 2. The Morgan fingerprint density at radius 1 is 1.15 bits per heavy atom. The first-order valence-corrected chi connectivity index (χ1v) is 8.52. The molecule has 0 atom stereocenters. The van der Waals surface area contributed by atoms with Crippen LogP contribution in [-0.2, 0) is 9.53 Å². The van der Waals surface area contributed by atoms with Gasteiger partial charge in [-0.3, -0.25) is 0 Å². The first kappa shape index (κ1) is 18.4. The Morgan fingerprint density at radius 2 is 1.89 bits per heavy atom. The number of hydrogen-bond acceptors (Lipinski definition) is 5. The molecule has 3 aromatic rings. The molecule has 7 heteroatoms. The van der Waals surface area contributed by atoms with Crippen molar-refractivity contribution in [3.63, 3.8) is 0 Å². The number of amides is 1. The third kappa shape index (κ3) is 5.07. The van der Waals surface area contributed by atoms with E-state index in [2.05, 4.69) is 15.3 Å². The summed E-state index contributed by atoms with van der Waals surface area (Å²) >= 11 is 0. The molecule has 7 nitrogen and oxygen atoms in total. The lowest BCUT2D eigenvalue weighted by Gasteiger charge is -2.19. The van der Waals surface area contributed by atoms with E-state index in [0.717, 1.165) is 22.3 Å². The fourth-order valence-corrected chi connectivity index (χ4v) is 2.44. The summed E-state index contributed by atoms with van der Waals surface area (Å²) in [6.45, 7) is 4.96. The van der Waals surface area contributed by atoms with E-state index in [4.69, 9.17) is 9.47 Å². The zero-order valence-corrected chi connectivity index (χ0v) is 15.4. The van der Waals surface area contributed by atoms with Crippen LogP contribution < -0.4 is 10.1 Å². The van der Waals surface area contributed by atoms with Crippen LogP contribution in [-0.4, -0.2) is 34.2 Å². The molecule has 1 amide bonds. The van der Waals surface area contributed by atoms with Crippen molar-refractivity contribution in [2.75, 3.05) is 6.54 Å². The van der Waals surface area contributed by atoms with Crippen molar-refractivity contribution in [3.05, 3.63) is 48.7 Å². The number of aromatic amines is 1. The number of nitrogens with zero attached hydrogens (tertiary/aromatic N) is 1. The average molecular weight is 367 g/mol. The SMILES string of the molecule is CC(C)(C)OC(=O)NCC(=O)Oc1ccc(-c2cc3cccnc3[nH]2)cc1. The average Bonchev–Trinajstić information content (AvgIpc) is 3.03. The molecule has 0 bridgehead atoms. The van der Waals surface area contributed by atoms with Crippen LogP contribution in [0.3, 0.4) is 0 Å². The lowest BCUT2D eigenvalue weighted by Crippen LogP contribution is -2.36. The predicted molar refractivity (Wildman–Crippen MR) is 101 cm³/mol. The van der Waals surface area contributed by atoms with Gasteiger partial charge >= 0.3 is 12.1 Å². The maximum absolute atomic E-state index is 11.8. The van der Waals surface area contributed by atoms with Gasteiger partial charge in [0.15, 0.2) is 0 Å². The van der Waals surface area contributed by atoms with Crippen LogP contribution >= 0.6 is 0 Å². The fraction of sp³-hybridized carbons (Fsp3) is 0.250. The number of carbonyl (C=O) groups excluding carboxylic acids is 2. The highest BCUT2D eigenvalue weighted by molar-refractivity contribution is 5.83. The molecule has 140 valence electrons. The summed E-state index contributed by atoms with van der Waals surface area (Å²) in [5, 5.41) is 3.39. The Kier molecular flexibility index (Phi) is 5.12. The molecule has 3 rings (SSSR count). The number of aromatic nitrogens is 2. The lowest BCUT2D eigenvalue weighted by atomic mass is 10.1. The topological polar surface area (TPSA) is 93.3 Å². The van der Waals surface area contributed by atoms with Crippen LogP contribution in [0, 0.1) is 0 Å². The Bertz CT molecular complexity index is 922. The summed E-state index contributed by atoms with van der Waals surface area (Å²) < 4.78 is 10.3. The summed E-state index contributed by atoms with van der Waals surface area (Å²) in [5.41, 5.74) is 2.06. The van der Waals surface area contributed by atoms with Gasteiger partial charge in [-0.1, -0.05) is 0 Å². The van der Waals surface area contributed by atoms with Crippen LogP contribution in [0.4, 0.5) is 4.79 Å². The number of esters is 1. The number of H-pyrrole nitrogens is 1. The minimum absolute atomic E-state index is 0.273. The number of ether oxygens (including phenoxy) is 2. The summed E-state index contributed by atoms with van der Waals surface area (Å²) in [7, 11) is 0. The van der Waals surface area contributed by atoms with E-state index in [1.54, 1.807) is 39.1 Å². The van der Waals surface area contributed by atoms with Crippen molar-refractivity contribution in [3.8, 4) is 17.0 Å². The number of alkyl carbamates (subject to hydrolysis) is 1. The van der Waals surface area contributed by atoms with Crippen molar-refractivity contribution in [1.82, 2.24) is 15.3 Å². The smallest absolute Gasteiger partial charge is 0.408 e. The molecule has 27 heavy (non-hydrogen) atoms. The Hall–Kier alpha value is -3.35. The van der Waals surface area contributed by atoms with Gasteiger partial charge in [0.25, 0.3) is 0 Å². The molecular formula is C20H21N3O4. The minimum atomic E-state index is -0.665.